The second-order valence-corrected chi connectivity index (χ2v) is 7.05. The predicted molar refractivity (Wildman–Crippen MR) is 101 cm³/mol. The molecule has 0 heterocycles. The number of carboxylic acids is 1. The number of rotatable bonds is 9. The Morgan fingerprint density at radius 1 is 1.11 bits per heavy atom. The number of nitriles is 1. The highest BCUT2D eigenvalue weighted by molar-refractivity contribution is 5.90. The van der Waals surface area contributed by atoms with Gasteiger partial charge in [-0.05, 0) is 30.0 Å². The quantitative estimate of drug-likeness (QED) is 0.609. The SMILES string of the molecule is CNC(=O)[C@H](Cc1ccc(C#N)cc1)NC(=O)[C@H](CC(C)C)C(C)C(=O)O. The molecule has 7 heteroatoms. The van der Waals surface area contributed by atoms with Crippen LogP contribution in [0.4, 0.5) is 0 Å². The van der Waals surface area contributed by atoms with E-state index in [2.05, 4.69) is 10.6 Å². The normalized spacial score (nSPS) is 13.9. The van der Waals surface area contributed by atoms with Gasteiger partial charge in [0.1, 0.15) is 6.04 Å². The Bertz CT molecular complexity index is 707. The third-order valence-corrected chi connectivity index (χ3v) is 4.46. The van der Waals surface area contributed by atoms with Gasteiger partial charge in [-0.1, -0.05) is 32.9 Å². The number of nitrogens with zero attached hydrogens (tertiary/aromatic N) is 1. The van der Waals surface area contributed by atoms with Crippen LogP contribution in [0.3, 0.4) is 0 Å². The van der Waals surface area contributed by atoms with Crippen LogP contribution in [0.25, 0.3) is 0 Å². The van der Waals surface area contributed by atoms with Crippen LogP contribution >= 0.6 is 0 Å². The Labute approximate surface area is 159 Å². The summed E-state index contributed by atoms with van der Waals surface area (Å²) in [6.45, 7) is 5.34. The van der Waals surface area contributed by atoms with Crippen LogP contribution in [0.1, 0.15) is 38.3 Å². The molecule has 1 aromatic rings. The minimum absolute atomic E-state index is 0.138. The smallest absolute Gasteiger partial charge is 0.307 e. The average Bonchev–Trinajstić information content (AvgIpc) is 2.64. The van der Waals surface area contributed by atoms with Crippen molar-refractivity contribution in [1.29, 1.82) is 5.26 Å². The fourth-order valence-corrected chi connectivity index (χ4v) is 2.83. The van der Waals surface area contributed by atoms with E-state index >= 15 is 0 Å². The molecule has 7 nitrogen and oxygen atoms in total. The summed E-state index contributed by atoms with van der Waals surface area (Å²) in [6.07, 6.45) is 0.656. The number of aliphatic carboxylic acids is 1. The van der Waals surface area contributed by atoms with E-state index in [0.717, 1.165) is 5.56 Å². The monoisotopic (exact) mass is 373 g/mol. The summed E-state index contributed by atoms with van der Waals surface area (Å²) in [5.41, 5.74) is 1.29. The van der Waals surface area contributed by atoms with Gasteiger partial charge in [-0.3, -0.25) is 14.4 Å². The van der Waals surface area contributed by atoms with Gasteiger partial charge in [0, 0.05) is 13.5 Å². The lowest BCUT2D eigenvalue weighted by atomic mass is 9.85. The fraction of sp³-hybridized carbons (Fsp3) is 0.500. The molecule has 0 aliphatic rings. The van der Waals surface area contributed by atoms with Gasteiger partial charge in [-0.15, -0.1) is 0 Å². The lowest BCUT2D eigenvalue weighted by molar-refractivity contribution is -0.147. The number of nitrogens with one attached hydrogen (secondary N) is 2. The van der Waals surface area contributed by atoms with Crippen LogP contribution in [0.2, 0.25) is 0 Å². The van der Waals surface area contributed by atoms with E-state index < -0.39 is 29.8 Å². The first-order chi connectivity index (χ1) is 12.7. The molecule has 0 aliphatic carbocycles. The average molecular weight is 373 g/mol. The van der Waals surface area contributed by atoms with E-state index in [0.29, 0.717) is 12.0 Å². The predicted octanol–water partition coefficient (Wildman–Crippen LogP) is 1.71. The highest BCUT2D eigenvalue weighted by atomic mass is 16.4. The van der Waals surface area contributed by atoms with Crippen molar-refractivity contribution in [3.05, 3.63) is 35.4 Å². The van der Waals surface area contributed by atoms with Crippen LogP contribution < -0.4 is 10.6 Å². The number of likely N-dealkylation sites (N-methyl/N-ethyl adjacent to an activating group) is 1. The van der Waals surface area contributed by atoms with Gasteiger partial charge in [0.2, 0.25) is 11.8 Å². The molecule has 0 aromatic heterocycles. The summed E-state index contributed by atoms with van der Waals surface area (Å²) in [4.78, 5) is 36.3. The maximum atomic E-state index is 12.7. The van der Waals surface area contributed by atoms with Crippen LogP contribution in [-0.4, -0.2) is 36.0 Å². The molecule has 0 aliphatic heterocycles. The van der Waals surface area contributed by atoms with Gasteiger partial charge in [0.15, 0.2) is 0 Å². The number of hydrogen-bond acceptors (Lipinski definition) is 4. The molecule has 2 amide bonds. The van der Waals surface area contributed by atoms with Crippen LogP contribution in [0, 0.1) is 29.1 Å². The number of carbonyl (C=O) groups excluding carboxylic acids is 2. The molecule has 1 unspecified atom stereocenters. The lowest BCUT2D eigenvalue weighted by Gasteiger charge is -2.25. The minimum Gasteiger partial charge on any atom is -0.481 e. The Morgan fingerprint density at radius 2 is 1.70 bits per heavy atom. The van der Waals surface area contributed by atoms with Crippen molar-refractivity contribution in [3.8, 4) is 6.07 Å². The molecule has 146 valence electrons. The highest BCUT2D eigenvalue weighted by Crippen LogP contribution is 2.22. The zero-order valence-electron chi connectivity index (χ0n) is 16.2. The van der Waals surface area contributed by atoms with E-state index in [1.165, 1.54) is 14.0 Å². The van der Waals surface area contributed by atoms with Gasteiger partial charge >= 0.3 is 5.97 Å². The minimum atomic E-state index is -1.04. The summed E-state index contributed by atoms with van der Waals surface area (Å²) >= 11 is 0. The van der Waals surface area contributed by atoms with Crippen molar-refractivity contribution in [3.63, 3.8) is 0 Å². The molecule has 27 heavy (non-hydrogen) atoms. The summed E-state index contributed by atoms with van der Waals surface area (Å²) in [6, 6.07) is 7.94. The molecule has 1 aromatic carbocycles. The highest BCUT2D eigenvalue weighted by Gasteiger charge is 2.33. The second kappa shape index (κ2) is 10.3. The van der Waals surface area contributed by atoms with Gasteiger partial charge in [-0.25, -0.2) is 0 Å². The van der Waals surface area contributed by atoms with Crippen molar-refractivity contribution in [1.82, 2.24) is 10.6 Å². The van der Waals surface area contributed by atoms with Crippen LogP contribution in [-0.2, 0) is 20.8 Å². The van der Waals surface area contributed by atoms with Crippen molar-refractivity contribution in [2.45, 2.75) is 39.7 Å². The second-order valence-electron chi connectivity index (χ2n) is 7.05. The molecule has 0 fully saturated rings. The third kappa shape index (κ3) is 6.74. The number of amides is 2. The number of carbonyl (C=O) groups is 3. The Kier molecular flexibility index (Phi) is 8.46. The van der Waals surface area contributed by atoms with Gasteiger partial charge in [0.25, 0.3) is 0 Å². The van der Waals surface area contributed by atoms with E-state index in [4.69, 9.17) is 5.26 Å². The first-order valence-electron chi connectivity index (χ1n) is 8.93. The van der Waals surface area contributed by atoms with Crippen molar-refractivity contribution < 1.29 is 19.5 Å². The third-order valence-electron chi connectivity index (χ3n) is 4.46. The first-order valence-corrected chi connectivity index (χ1v) is 8.93. The van der Waals surface area contributed by atoms with Crippen molar-refractivity contribution >= 4 is 17.8 Å². The largest absolute Gasteiger partial charge is 0.481 e. The number of benzene rings is 1. The topological polar surface area (TPSA) is 119 Å². The standard InChI is InChI=1S/C20H27N3O4/c1-12(2)9-16(13(3)20(26)27)18(24)23-17(19(25)22-4)10-14-5-7-15(11-21)8-6-14/h5-8,12-13,16-17H,9-10H2,1-4H3,(H,22,25)(H,23,24)(H,26,27)/t13?,16-,17+/m1/s1. The van der Waals surface area contributed by atoms with E-state index in [-0.39, 0.29) is 18.2 Å². The zero-order valence-corrected chi connectivity index (χ0v) is 16.2. The summed E-state index contributed by atoms with van der Waals surface area (Å²) in [7, 11) is 1.48. The number of carboxylic acid groups (broad SMARTS) is 1. The Morgan fingerprint density at radius 3 is 2.15 bits per heavy atom. The number of hydrogen-bond donors (Lipinski definition) is 3. The van der Waals surface area contributed by atoms with Crippen LogP contribution in [0.5, 0.6) is 0 Å². The lowest BCUT2D eigenvalue weighted by Crippen LogP contribution is -2.50. The van der Waals surface area contributed by atoms with Gasteiger partial charge < -0.3 is 15.7 Å². The van der Waals surface area contributed by atoms with Gasteiger partial charge in [-0.2, -0.15) is 5.26 Å². The van der Waals surface area contributed by atoms with E-state index in [9.17, 15) is 19.5 Å². The Balaban J connectivity index is 2.98. The summed E-state index contributed by atoms with van der Waals surface area (Å²) < 4.78 is 0. The molecule has 1 rings (SSSR count). The molecular weight excluding hydrogens is 346 g/mol. The van der Waals surface area contributed by atoms with Crippen LogP contribution in [0.15, 0.2) is 24.3 Å². The fourth-order valence-electron chi connectivity index (χ4n) is 2.83. The molecule has 0 spiro atoms. The molecule has 0 saturated carbocycles. The Hall–Kier alpha value is -2.88. The molecule has 0 radical (unpaired) electrons. The zero-order chi connectivity index (χ0) is 20.6. The molecule has 3 atom stereocenters. The van der Waals surface area contributed by atoms with Crippen molar-refractivity contribution in [2.24, 2.45) is 17.8 Å². The molecule has 3 N–H and O–H groups in total. The maximum Gasteiger partial charge on any atom is 0.307 e. The van der Waals surface area contributed by atoms with E-state index in [1.54, 1.807) is 24.3 Å². The maximum absolute atomic E-state index is 12.7. The summed E-state index contributed by atoms with van der Waals surface area (Å²) in [5.74, 6) is -3.29. The molecule has 0 bridgehead atoms. The summed E-state index contributed by atoms with van der Waals surface area (Å²) in [5, 5.41) is 23.4. The first kappa shape index (κ1) is 22.2. The molecule has 0 saturated heterocycles. The molecular formula is C20H27N3O4. The van der Waals surface area contributed by atoms with E-state index in [1.807, 2.05) is 19.9 Å². The van der Waals surface area contributed by atoms with Gasteiger partial charge in [0.05, 0.1) is 23.5 Å². The van der Waals surface area contributed by atoms with Crippen molar-refractivity contribution in [2.75, 3.05) is 7.05 Å².